The fraction of sp³-hybridized carbons (Fsp3) is 0.571. The highest BCUT2D eigenvalue weighted by atomic mass is 19.3. The second kappa shape index (κ2) is 5.84. The van der Waals surface area contributed by atoms with Crippen molar-refractivity contribution in [2.24, 2.45) is 5.73 Å². The topological polar surface area (TPSA) is 55.5 Å². The summed E-state index contributed by atoms with van der Waals surface area (Å²) in [6.07, 6.45) is 2.64. The van der Waals surface area contributed by atoms with E-state index in [1.165, 1.54) is 6.07 Å². The minimum Gasteiger partial charge on any atom is -0.435 e. The molecule has 0 aromatic heterocycles. The molecule has 0 unspecified atom stereocenters. The Hall–Kier alpha value is -1.20. The Bertz CT molecular complexity index is 418. The monoisotopic (exact) mass is 271 g/mol. The van der Waals surface area contributed by atoms with Gasteiger partial charge in [0.05, 0.1) is 6.10 Å². The van der Waals surface area contributed by atoms with Crippen molar-refractivity contribution in [1.82, 2.24) is 0 Å². The average Bonchev–Trinajstić information content (AvgIpc) is 2.40. The van der Waals surface area contributed by atoms with Crippen LogP contribution in [-0.2, 0) is 5.41 Å². The summed E-state index contributed by atoms with van der Waals surface area (Å²) in [6.45, 7) is -2.38. The third kappa shape index (κ3) is 3.22. The van der Waals surface area contributed by atoms with Crippen molar-refractivity contribution in [2.45, 2.75) is 43.8 Å². The van der Waals surface area contributed by atoms with Crippen LogP contribution in [0, 0.1) is 0 Å². The molecule has 0 aliphatic heterocycles. The van der Waals surface area contributed by atoms with Gasteiger partial charge < -0.3 is 15.6 Å². The Morgan fingerprint density at radius 3 is 2.63 bits per heavy atom. The van der Waals surface area contributed by atoms with Gasteiger partial charge in [-0.05, 0) is 43.4 Å². The maximum atomic E-state index is 12.2. The number of alkyl halides is 2. The molecule has 0 heterocycles. The normalized spacial score (nSPS) is 27.5. The second-order valence-electron chi connectivity index (χ2n) is 5.12. The SMILES string of the molecule is NCC1(c2cccc(OC(F)F)c2)CCC(O)CC1. The molecule has 1 fully saturated rings. The number of nitrogens with two attached hydrogens (primary N) is 1. The predicted molar refractivity (Wildman–Crippen MR) is 68.3 cm³/mol. The Morgan fingerprint density at radius 2 is 2.05 bits per heavy atom. The van der Waals surface area contributed by atoms with E-state index in [0.717, 1.165) is 18.4 Å². The van der Waals surface area contributed by atoms with Gasteiger partial charge in [0.1, 0.15) is 5.75 Å². The molecular formula is C14H19F2NO2. The lowest BCUT2D eigenvalue weighted by molar-refractivity contribution is -0.0499. The number of halogens is 2. The lowest BCUT2D eigenvalue weighted by atomic mass is 9.69. The van der Waals surface area contributed by atoms with Crippen molar-refractivity contribution in [1.29, 1.82) is 0 Å². The smallest absolute Gasteiger partial charge is 0.387 e. The van der Waals surface area contributed by atoms with Crippen LogP contribution in [0.5, 0.6) is 5.75 Å². The Morgan fingerprint density at radius 1 is 1.37 bits per heavy atom. The quantitative estimate of drug-likeness (QED) is 0.884. The number of aliphatic hydroxyl groups is 1. The molecule has 0 amide bonds. The first-order chi connectivity index (χ1) is 9.05. The van der Waals surface area contributed by atoms with E-state index < -0.39 is 6.61 Å². The highest BCUT2D eigenvalue weighted by molar-refractivity contribution is 5.35. The third-order valence-corrected chi connectivity index (χ3v) is 3.97. The van der Waals surface area contributed by atoms with E-state index in [9.17, 15) is 13.9 Å². The van der Waals surface area contributed by atoms with Crippen LogP contribution >= 0.6 is 0 Å². The van der Waals surface area contributed by atoms with Gasteiger partial charge in [-0.1, -0.05) is 12.1 Å². The van der Waals surface area contributed by atoms with Gasteiger partial charge in [0, 0.05) is 12.0 Å². The van der Waals surface area contributed by atoms with Crippen LogP contribution in [0.2, 0.25) is 0 Å². The molecule has 1 aromatic rings. The van der Waals surface area contributed by atoms with E-state index in [1.807, 2.05) is 6.07 Å². The molecule has 0 bridgehead atoms. The number of ether oxygens (including phenoxy) is 1. The van der Waals surface area contributed by atoms with Gasteiger partial charge in [0.15, 0.2) is 0 Å². The van der Waals surface area contributed by atoms with Crippen molar-refractivity contribution in [3.05, 3.63) is 29.8 Å². The van der Waals surface area contributed by atoms with Crippen molar-refractivity contribution in [2.75, 3.05) is 6.54 Å². The first kappa shape index (κ1) is 14.2. The molecular weight excluding hydrogens is 252 g/mol. The van der Waals surface area contributed by atoms with Crippen LogP contribution in [0.15, 0.2) is 24.3 Å². The van der Waals surface area contributed by atoms with Gasteiger partial charge in [-0.15, -0.1) is 0 Å². The molecule has 3 N–H and O–H groups in total. The third-order valence-electron chi connectivity index (χ3n) is 3.97. The lowest BCUT2D eigenvalue weighted by Gasteiger charge is -2.38. The maximum absolute atomic E-state index is 12.2. The molecule has 0 saturated heterocycles. The minimum atomic E-state index is -2.82. The average molecular weight is 271 g/mol. The minimum absolute atomic E-state index is 0.159. The number of aliphatic hydroxyl groups excluding tert-OH is 1. The predicted octanol–water partition coefficient (Wildman–Crippen LogP) is 2.42. The van der Waals surface area contributed by atoms with Crippen LogP contribution in [-0.4, -0.2) is 24.4 Å². The summed E-state index contributed by atoms with van der Waals surface area (Å²) in [5.41, 5.74) is 6.58. The van der Waals surface area contributed by atoms with E-state index in [1.54, 1.807) is 12.1 Å². The lowest BCUT2D eigenvalue weighted by Crippen LogP contribution is -2.40. The molecule has 1 aromatic carbocycles. The summed E-state index contributed by atoms with van der Waals surface area (Å²) < 4.78 is 28.9. The van der Waals surface area contributed by atoms with E-state index in [2.05, 4.69) is 4.74 Å². The first-order valence-electron chi connectivity index (χ1n) is 6.49. The zero-order valence-electron chi connectivity index (χ0n) is 10.7. The molecule has 1 aliphatic rings. The van der Waals surface area contributed by atoms with Crippen LogP contribution in [0.25, 0.3) is 0 Å². The van der Waals surface area contributed by atoms with Crippen molar-refractivity contribution < 1.29 is 18.6 Å². The summed E-state index contributed by atoms with van der Waals surface area (Å²) in [5.74, 6) is 0.159. The molecule has 1 saturated carbocycles. The van der Waals surface area contributed by atoms with Crippen LogP contribution in [0.4, 0.5) is 8.78 Å². The molecule has 0 spiro atoms. The second-order valence-corrected chi connectivity index (χ2v) is 5.12. The van der Waals surface area contributed by atoms with Crippen molar-refractivity contribution in [3.63, 3.8) is 0 Å². The van der Waals surface area contributed by atoms with Crippen LogP contribution in [0.1, 0.15) is 31.2 Å². The number of benzene rings is 1. The standard InChI is InChI=1S/C14H19F2NO2/c15-13(16)19-12-3-1-2-10(8-12)14(9-17)6-4-11(18)5-7-14/h1-3,8,11,13,18H,4-7,9,17H2. The van der Waals surface area contributed by atoms with Gasteiger partial charge in [-0.3, -0.25) is 0 Å². The van der Waals surface area contributed by atoms with Crippen LogP contribution in [0.3, 0.4) is 0 Å². The summed E-state index contributed by atoms with van der Waals surface area (Å²) in [4.78, 5) is 0. The fourth-order valence-electron chi connectivity index (χ4n) is 2.77. The van der Waals surface area contributed by atoms with Crippen molar-refractivity contribution >= 4 is 0 Å². The van der Waals surface area contributed by atoms with E-state index in [-0.39, 0.29) is 17.3 Å². The molecule has 5 heteroatoms. The van der Waals surface area contributed by atoms with E-state index in [4.69, 9.17) is 5.73 Å². The fourth-order valence-corrected chi connectivity index (χ4v) is 2.77. The molecule has 3 nitrogen and oxygen atoms in total. The summed E-state index contributed by atoms with van der Waals surface area (Å²) in [5, 5.41) is 9.59. The van der Waals surface area contributed by atoms with Crippen LogP contribution < -0.4 is 10.5 Å². The Labute approximate surface area is 111 Å². The van der Waals surface area contributed by atoms with Crippen molar-refractivity contribution in [3.8, 4) is 5.75 Å². The number of hydrogen-bond acceptors (Lipinski definition) is 3. The summed E-state index contributed by atoms with van der Waals surface area (Å²) in [7, 11) is 0. The zero-order chi connectivity index (χ0) is 13.9. The van der Waals surface area contributed by atoms with Gasteiger partial charge in [0.25, 0.3) is 0 Å². The van der Waals surface area contributed by atoms with E-state index in [0.29, 0.717) is 19.4 Å². The van der Waals surface area contributed by atoms with Gasteiger partial charge in [0.2, 0.25) is 0 Å². The maximum Gasteiger partial charge on any atom is 0.387 e. The highest BCUT2D eigenvalue weighted by Crippen LogP contribution is 2.39. The molecule has 0 atom stereocenters. The van der Waals surface area contributed by atoms with Gasteiger partial charge >= 0.3 is 6.61 Å². The number of rotatable bonds is 4. The molecule has 19 heavy (non-hydrogen) atoms. The van der Waals surface area contributed by atoms with Gasteiger partial charge in [-0.25, -0.2) is 0 Å². The highest BCUT2D eigenvalue weighted by Gasteiger charge is 2.35. The molecule has 0 radical (unpaired) electrons. The van der Waals surface area contributed by atoms with E-state index >= 15 is 0 Å². The Balaban J connectivity index is 2.23. The zero-order valence-corrected chi connectivity index (χ0v) is 10.7. The molecule has 1 aliphatic carbocycles. The number of hydrogen-bond donors (Lipinski definition) is 2. The molecule has 106 valence electrons. The summed E-state index contributed by atoms with van der Waals surface area (Å²) >= 11 is 0. The largest absolute Gasteiger partial charge is 0.435 e. The van der Waals surface area contributed by atoms with Gasteiger partial charge in [-0.2, -0.15) is 8.78 Å². The first-order valence-corrected chi connectivity index (χ1v) is 6.49. The Kier molecular flexibility index (Phi) is 4.37. The molecule has 2 rings (SSSR count). The summed E-state index contributed by atoms with van der Waals surface area (Å²) in [6, 6.07) is 6.74.